The SMILES string of the molecule is CC(=O)OCC1O[C@H](OCC(C)C(=O)OC(C)(C)C)C(OC(C)=O)[C@@H](C)[C@@H]1OC(C)=O. The van der Waals surface area contributed by atoms with Crippen LogP contribution in [0.3, 0.4) is 0 Å². The first kappa shape index (κ1) is 26.8. The molecule has 0 saturated carbocycles. The summed E-state index contributed by atoms with van der Waals surface area (Å²) in [6.45, 7) is 12.1. The van der Waals surface area contributed by atoms with Gasteiger partial charge in [-0.2, -0.15) is 0 Å². The summed E-state index contributed by atoms with van der Waals surface area (Å²) in [6, 6.07) is 0. The van der Waals surface area contributed by atoms with E-state index in [-0.39, 0.29) is 13.2 Å². The molecule has 0 radical (unpaired) electrons. The number of carbonyl (C=O) groups excluding carboxylic acids is 4. The Morgan fingerprint density at radius 3 is 1.97 bits per heavy atom. The van der Waals surface area contributed by atoms with Crippen molar-refractivity contribution < 1.29 is 47.6 Å². The van der Waals surface area contributed by atoms with Gasteiger partial charge in [0.05, 0.1) is 12.5 Å². The standard InChI is InChI=1S/C21H34O10/c1-11(19(25)31-21(6,7)8)9-27-20-18(29-15(5)24)12(2)17(28-14(4)23)16(30-20)10-26-13(3)22/h11-12,16-18,20H,9-10H2,1-8H3/t11?,12-,16?,17-,18?,20-/m0/s1. The predicted molar refractivity (Wildman–Crippen MR) is 107 cm³/mol. The molecule has 0 aromatic carbocycles. The minimum Gasteiger partial charge on any atom is -0.463 e. The normalized spacial score (nSPS) is 27.0. The Hall–Kier alpha value is -2.20. The van der Waals surface area contributed by atoms with Gasteiger partial charge < -0.3 is 28.4 Å². The van der Waals surface area contributed by atoms with Gasteiger partial charge >= 0.3 is 23.9 Å². The van der Waals surface area contributed by atoms with Crippen LogP contribution in [0.5, 0.6) is 0 Å². The molecule has 0 N–H and O–H groups in total. The Morgan fingerprint density at radius 2 is 1.48 bits per heavy atom. The third-order valence-electron chi connectivity index (χ3n) is 4.35. The van der Waals surface area contributed by atoms with Crippen LogP contribution in [0.25, 0.3) is 0 Å². The molecule has 0 aromatic rings. The molecule has 1 fully saturated rings. The fourth-order valence-electron chi connectivity index (χ4n) is 3.01. The molecule has 1 aliphatic heterocycles. The minimum atomic E-state index is -1.07. The summed E-state index contributed by atoms with van der Waals surface area (Å²) in [4.78, 5) is 46.7. The largest absolute Gasteiger partial charge is 0.463 e. The molecule has 0 aromatic heterocycles. The van der Waals surface area contributed by atoms with Crippen molar-refractivity contribution in [3.63, 3.8) is 0 Å². The molecule has 178 valence electrons. The topological polar surface area (TPSA) is 124 Å². The Morgan fingerprint density at radius 1 is 0.935 bits per heavy atom. The number of ether oxygens (including phenoxy) is 6. The second-order valence-electron chi connectivity index (χ2n) is 8.62. The minimum absolute atomic E-state index is 0.0669. The van der Waals surface area contributed by atoms with Crippen LogP contribution in [0.1, 0.15) is 55.4 Å². The van der Waals surface area contributed by atoms with Crippen LogP contribution < -0.4 is 0 Å². The van der Waals surface area contributed by atoms with E-state index in [0.717, 1.165) is 0 Å². The molecule has 0 bridgehead atoms. The van der Waals surface area contributed by atoms with Crippen LogP contribution in [-0.4, -0.2) is 67.3 Å². The second kappa shape index (κ2) is 11.4. The first-order valence-corrected chi connectivity index (χ1v) is 10.2. The van der Waals surface area contributed by atoms with Gasteiger partial charge in [-0.15, -0.1) is 0 Å². The molecule has 1 rings (SSSR count). The average molecular weight is 446 g/mol. The molecule has 3 unspecified atom stereocenters. The third-order valence-corrected chi connectivity index (χ3v) is 4.35. The quantitative estimate of drug-likeness (QED) is 0.402. The van der Waals surface area contributed by atoms with Crippen molar-refractivity contribution in [3.8, 4) is 0 Å². The van der Waals surface area contributed by atoms with E-state index in [2.05, 4.69) is 0 Å². The summed E-state index contributed by atoms with van der Waals surface area (Å²) in [5.74, 6) is -3.27. The summed E-state index contributed by atoms with van der Waals surface area (Å²) in [5, 5.41) is 0. The van der Waals surface area contributed by atoms with E-state index in [0.29, 0.717) is 0 Å². The first-order valence-electron chi connectivity index (χ1n) is 10.2. The molecule has 0 amide bonds. The van der Waals surface area contributed by atoms with E-state index in [1.54, 1.807) is 34.6 Å². The van der Waals surface area contributed by atoms with Crippen LogP contribution in [0.15, 0.2) is 0 Å². The van der Waals surface area contributed by atoms with Gasteiger partial charge in [-0.1, -0.05) is 6.92 Å². The fraction of sp³-hybridized carbons (Fsp3) is 0.810. The van der Waals surface area contributed by atoms with Crippen LogP contribution in [-0.2, 0) is 47.6 Å². The maximum Gasteiger partial charge on any atom is 0.311 e. The molecule has 10 nitrogen and oxygen atoms in total. The smallest absolute Gasteiger partial charge is 0.311 e. The molecule has 10 heteroatoms. The van der Waals surface area contributed by atoms with Crippen molar-refractivity contribution in [3.05, 3.63) is 0 Å². The number of esters is 4. The second-order valence-corrected chi connectivity index (χ2v) is 8.62. The lowest BCUT2D eigenvalue weighted by molar-refractivity contribution is -0.295. The molecule has 0 aliphatic carbocycles. The van der Waals surface area contributed by atoms with Crippen LogP contribution in [0.4, 0.5) is 0 Å². The first-order chi connectivity index (χ1) is 14.2. The zero-order chi connectivity index (χ0) is 23.9. The summed E-state index contributed by atoms with van der Waals surface area (Å²) < 4.78 is 32.7. The lowest BCUT2D eigenvalue weighted by Gasteiger charge is -2.43. The number of rotatable bonds is 8. The summed E-state index contributed by atoms with van der Waals surface area (Å²) >= 11 is 0. The highest BCUT2D eigenvalue weighted by molar-refractivity contribution is 5.72. The van der Waals surface area contributed by atoms with Crippen molar-refractivity contribution in [2.45, 2.75) is 85.6 Å². The summed E-state index contributed by atoms with van der Waals surface area (Å²) in [5.41, 5.74) is -0.645. The molecule has 1 aliphatic rings. The lowest BCUT2D eigenvalue weighted by Crippen LogP contribution is -2.58. The van der Waals surface area contributed by atoms with Gasteiger partial charge in [0.2, 0.25) is 0 Å². The zero-order valence-electron chi connectivity index (χ0n) is 19.5. The van der Waals surface area contributed by atoms with E-state index in [9.17, 15) is 19.2 Å². The van der Waals surface area contributed by atoms with Gasteiger partial charge in [0.15, 0.2) is 12.4 Å². The van der Waals surface area contributed by atoms with E-state index >= 15 is 0 Å². The predicted octanol–water partition coefficient (Wildman–Crippen LogP) is 1.77. The monoisotopic (exact) mass is 446 g/mol. The highest BCUT2D eigenvalue weighted by Gasteiger charge is 2.48. The third kappa shape index (κ3) is 9.22. The fourth-order valence-corrected chi connectivity index (χ4v) is 3.01. The van der Waals surface area contributed by atoms with Crippen molar-refractivity contribution in [2.75, 3.05) is 13.2 Å². The maximum absolute atomic E-state index is 12.2. The Kier molecular flexibility index (Phi) is 9.89. The van der Waals surface area contributed by atoms with Crippen molar-refractivity contribution in [2.24, 2.45) is 11.8 Å². The van der Waals surface area contributed by atoms with Gasteiger partial charge in [-0.3, -0.25) is 19.2 Å². The van der Waals surface area contributed by atoms with Gasteiger partial charge in [-0.25, -0.2) is 0 Å². The highest BCUT2D eigenvalue weighted by atomic mass is 16.7. The van der Waals surface area contributed by atoms with E-state index in [4.69, 9.17) is 28.4 Å². The molecular formula is C21H34O10. The molecule has 1 saturated heterocycles. The Bertz CT molecular complexity index is 651. The van der Waals surface area contributed by atoms with Gasteiger partial charge in [-0.05, 0) is 27.7 Å². The van der Waals surface area contributed by atoms with E-state index in [1.807, 2.05) is 0 Å². The highest BCUT2D eigenvalue weighted by Crippen LogP contribution is 2.32. The molecule has 31 heavy (non-hydrogen) atoms. The zero-order valence-corrected chi connectivity index (χ0v) is 19.5. The Balaban J connectivity index is 2.99. The van der Waals surface area contributed by atoms with Crippen LogP contribution in [0, 0.1) is 11.8 Å². The lowest BCUT2D eigenvalue weighted by atomic mass is 9.90. The molecule has 6 atom stereocenters. The average Bonchev–Trinajstić information content (AvgIpc) is 2.60. The van der Waals surface area contributed by atoms with E-state index in [1.165, 1.54) is 20.8 Å². The van der Waals surface area contributed by atoms with Gasteiger partial charge in [0.25, 0.3) is 0 Å². The van der Waals surface area contributed by atoms with Crippen LogP contribution >= 0.6 is 0 Å². The van der Waals surface area contributed by atoms with Gasteiger partial charge in [0, 0.05) is 26.7 Å². The summed E-state index contributed by atoms with van der Waals surface area (Å²) in [6.07, 6.45) is -3.68. The van der Waals surface area contributed by atoms with Crippen molar-refractivity contribution in [1.29, 1.82) is 0 Å². The maximum atomic E-state index is 12.2. The number of hydrogen-bond donors (Lipinski definition) is 0. The van der Waals surface area contributed by atoms with Gasteiger partial charge in [0.1, 0.15) is 24.4 Å². The molecule has 0 spiro atoms. The van der Waals surface area contributed by atoms with Crippen molar-refractivity contribution >= 4 is 23.9 Å². The Labute approximate surface area is 182 Å². The van der Waals surface area contributed by atoms with Crippen LogP contribution in [0.2, 0.25) is 0 Å². The number of hydrogen-bond acceptors (Lipinski definition) is 10. The molecular weight excluding hydrogens is 412 g/mol. The van der Waals surface area contributed by atoms with Crippen molar-refractivity contribution in [1.82, 2.24) is 0 Å². The number of carbonyl (C=O) groups is 4. The van der Waals surface area contributed by atoms with E-state index < -0.39 is 65.9 Å². The molecule has 1 heterocycles. The summed E-state index contributed by atoms with van der Waals surface area (Å²) in [7, 11) is 0.